The molecule has 0 atom stereocenters. The van der Waals surface area contributed by atoms with Crippen LogP contribution in [0.3, 0.4) is 0 Å². The van der Waals surface area contributed by atoms with Gasteiger partial charge < -0.3 is 15.5 Å². The molecule has 1 rings (SSSR count). The van der Waals surface area contributed by atoms with Crippen molar-refractivity contribution in [3.63, 3.8) is 0 Å². The number of carbonyl (C=O) groups excluding carboxylic acids is 1. The Kier molecular flexibility index (Phi) is 11.7. The quantitative estimate of drug-likeness (QED) is 0.373. The highest BCUT2D eigenvalue weighted by atomic mass is 32.1. The standard InChI is InChI=1S/C21H35N3OS/c1-4-5-6-7-8-9-10-11-12-13-20(25)23-21(26)22-18-14-16-19(17-15-18)24(2)3/h14-17H,4-13H2,1-3H3,(H2,22,23,25,26). The first-order valence-corrected chi connectivity index (χ1v) is 10.3. The van der Waals surface area contributed by atoms with Gasteiger partial charge in [0.05, 0.1) is 0 Å². The summed E-state index contributed by atoms with van der Waals surface area (Å²) in [4.78, 5) is 14.0. The van der Waals surface area contributed by atoms with Crippen molar-refractivity contribution in [1.82, 2.24) is 5.32 Å². The molecule has 0 heterocycles. The fraction of sp³-hybridized carbons (Fsp3) is 0.619. The summed E-state index contributed by atoms with van der Waals surface area (Å²) in [5.41, 5.74) is 2.00. The van der Waals surface area contributed by atoms with Crippen LogP contribution in [-0.4, -0.2) is 25.1 Å². The lowest BCUT2D eigenvalue weighted by molar-refractivity contribution is -0.119. The van der Waals surface area contributed by atoms with E-state index in [1.165, 1.54) is 44.9 Å². The van der Waals surface area contributed by atoms with Crippen molar-refractivity contribution in [3.8, 4) is 0 Å². The van der Waals surface area contributed by atoms with Crippen molar-refractivity contribution in [3.05, 3.63) is 24.3 Å². The van der Waals surface area contributed by atoms with Crippen molar-refractivity contribution in [2.45, 2.75) is 71.1 Å². The number of benzene rings is 1. The smallest absolute Gasteiger partial charge is 0.226 e. The second kappa shape index (κ2) is 13.6. The molecule has 0 radical (unpaired) electrons. The van der Waals surface area contributed by atoms with Crippen molar-refractivity contribution >= 4 is 34.6 Å². The molecule has 1 aromatic carbocycles. The number of hydrogen-bond acceptors (Lipinski definition) is 3. The van der Waals surface area contributed by atoms with Crippen molar-refractivity contribution < 1.29 is 4.79 Å². The maximum absolute atomic E-state index is 11.9. The van der Waals surface area contributed by atoms with Gasteiger partial charge in [-0.2, -0.15) is 0 Å². The van der Waals surface area contributed by atoms with E-state index in [4.69, 9.17) is 12.2 Å². The summed E-state index contributed by atoms with van der Waals surface area (Å²) in [6, 6.07) is 7.92. The predicted octanol–water partition coefficient (Wildman–Crippen LogP) is 5.49. The molecule has 0 spiro atoms. The Morgan fingerprint density at radius 3 is 2.00 bits per heavy atom. The van der Waals surface area contributed by atoms with Gasteiger partial charge in [0.2, 0.25) is 5.91 Å². The minimum atomic E-state index is -0.00430. The lowest BCUT2D eigenvalue weighted by Gasteiger charge is -2.14. The highest BCUT2D eigenvalue weighted by Gasteiger charge is 2.05. The third kappa shape index (κ3) is 10.4. The average molecular weight is 378 g/mol. The minimum absolute atomic E-state index is 0.00430. The molecule has 5 heteroatoms. The third-order valence-corrected chi connectivity index (χ3v) is 4.61. The molecule has 0 aliphatic heterocycles. The minimum Gasteiger partial charge on any atom is -0.378 e. The van der Waals surface area contributed by atoms with Crippen LogP contribution in [0.15, 0.2) is 24.3 Å². The Morgan fingerprint density at radius 2 is 1.46 bits per heavy atom. The van der Waals surface area contributed by atoms with E-state index >= 15 is 0 Å². The largest absolute Gasteiger partial charge is 0.378 e. The van der Waals surface area contributed by atoms with Crippen molar-refractivity contribution in [1.29, 1.82) is 0 Å². The van der Waals surface area contributed by atoms with E-state index in [-0.39, 0.29) is 5.91 Å². The zero-order valence-electron chi connectivity index (χ0n) is 16.6. The molecule has 0 aromatic heterocycles. The number of hydrogen-bond donors (Lipinski definition) is 2. The van der Waals surface area contributed by atoms with E-state index in [1.54, 1.807) is 0 Å². The lowest BCUT2D eigenvalue weighted by atomic mass is 10.1. The molecule has 1 amide bonds. The second-order valence-corrected chi connectivity index (χ2v) is 7.43. The van der Waals surface area contributed by atoms with Gasteiger partial charge in [0.1, 0.15) is 0 Å². The summed E-state index contributed by atoms with van der Waals surface area (Å²) in [5.74, 6) is -0.00430. The lowest BCUT2D eigenvalue weighted by Crippen LogP contribution is -2.33. The molecule has 26 heavy (non-hydrogen) atoms. The van der Waals surface area contributed by atoms with Crippen molar-refractivity contribution in [2.75, 3.05) is 24.3 Å². The van der Waals surface area contributed by atoms with Crippen LogP contribution in [0.25, 0.3) is 0 Å². The van der Waals surface area contributed by atoms with E-state index in [0.29, 0.717) is 11.5 Å². The summed E-state index contributed by atoms with van der Waals surface area (Å²) in [6.45, 7) is 2.24. The highest BCUT2D eigenvalue weighted by Crippen LogP contribution is 2.15. The van der Waals surface area contributed by atoms with Gasteiger partial charge in [-0.25, -0.2) is 0 Å². The van der Waals surface area contributed by atoms with E-state index in [1.807, 2.05) is 43.3 Å². The van der Waals surface area contributed by atoms with Crippen LogP contribution in [0.5, 0.6) is 0 Å². The van der Waals surface area contributed by atoms with Crippen LogP contribution in [0, 0.1) is 0 Å². The number of thiocarbonyl (C=S) groups is 1. The molecular weight excluding hydrogens is 342 g/mol. The number of unbranched alkanes of at least 4 members (excludes halogenated alkanes) is 8. The maximum atomic E-state index is 11.9. The van der Waals surface area contributed by atoms with Crippen molar-refractivity contribution in [2.24, 2.45) is 0 Å². The van der Waals surface area contributed by atoms with Crippen LogP contribution < -0.4 is 15.5 Å². The molecule has 0 aliphatic rings. The fourth-order valence-electron chi connectivity index (χ4n) is 2.79. The topological polar surface area (TPSA) is 44.4 Å². The first-order valence-electron chi connectivity index (χ1n) is 9.91. The van der Waals surface area contributed by atoms with E-state index in [0.717, 1.165) is 24.2 Å². The Hall–Kier alpha value is -1.62. The number of carbonyl (C=O) groups is 1. The highest BCUT2D eigenvalue weighted by molar-refractivity contribution is 7.80. The summed E-state index contributed by atoms with van der Waals surface area (Å²) in [6.07, 6.45) is 11.8. The van der Waals surface area contributed by atoms with Crippen LogP contribution in [0.1, 0.15) is 71.1 Å². The summed E-state index contributed by atoms with van der Waals surface area (Å²) < 4.78 is 0. The fourth-order valence-corrected chi connectivity index (χ4v) is 3.02. The Morgan fingerprint density at radius 1 is 0.923 bits per heavy atom. The zero-order valence-corrected chi connectivity index (χ0v) is 17.5. The summed E-state index contributed by atoms with van der Waals surface area (Å²) in [5, 5.41) is 6.18. The number of rotatable bonds is 12. The van der Waals surface area contributed by atoms with E-state index in [2.05, 4.69) is 17.6 Å². The Labute approximate surface area is 164 Å². The predicted molar refractivity (Wildman–Crippen MR) is 117 cm³/mol. The van der Waals surface area contributed by atoms with E-state index in [9.17, 15) is 4.79 Å². The number of amides is 1. The molecule has 0 aliphatic carbocycles. The summed E-state index contributed by atoms with van der Waals surface area (Å²) in [7, 11) is 4.00. The molecule has 0 fully saturated rings. The van der Waals surface area contributed by atoms with Gasteiger partial charge in [-0.15, -0.1) is 0 Å². The number of nitrogens with one attached hydrogen (secondary N) is 2. The van der Waals surface area contributed by atoms with Gasteiger partial charge in [-0.05, 0) is 42.9 Å². The second-order valence-electron chi connectivity index (χ2n) is 7.02. The van der Waals surface area contributed by atoms with Crippen LogP contribution in [0.4, 0.5) is 11.4 Å². The van der Waals surface area contributed by atoms with E-state index < -0.39 is 0 Å². The van der Waals surface area contributed by atoms with Gasteiger partial charge in [0.25, 0.3) is 0 Å². The first kappa shape index (κ1) is 22.4. The molecule has 2 N–H and O–H groups in total. The van der Waals surface area contributed by atoms with Gasteiger partial charge in [0.15, 0.2) is 5.11 Å². The zero-order chi connectivity index (χ0) is 19.2. The molecule has 0 bridgehead atoms. The number of anilines is 2. The SMILES string of the molecule is CCCCCCCCCCCC(=O)NC(=S)Nc1ccc(N(C)C)cc1. The molecular formula is C21H35N3OS. The summed E-state index contributed by atoms with van der Waals surface area (Å²) >= 11 is 5.21. The molecule has 0 saturated carbocycles. The molecule has 0 unspecified atom stereocenters. The molecule has 146 valence electrons. The molecule has 4 nitrogen and oxygen atoms in total. The maximum Gasteiger partial charge on any atom is 0.226 e. The normalized spacial score (nSPS) is 10.4. The van der Waals surface area contributed by atoms with Gasteiger partial charge in [0, 0.05) is 31.9 Å². The van der Waals surface area contributed by atoms with Gasteiger partial charge in [-0.1, -0.05) is 58.3 Å². The Bertz CT molecular complexity index is 529. The Balaban J connectivity index is 2.10. The van der Waals surface area contributed by atoms with Crippen LogP contribution >= 0.6 is 12.2 Å². The average Bonchev–Trinajstić information content (AvgIpc) is 2.60. The first-order chi connectivity index (χ1) is 12.5. The van der Waals surface area contributed by atoms with Gasteiger partial charge in [-0.3, -0.25) is 4.79 Å². The molecule has 0 saturated heterocycles. The van der Waals surface area contributed by atoms with Crippen LogP contribution in [-0.2, 0) is 4.79 Å². The third-order valence-electron chi connectivity index (χ3n) is 4.40. The number of nitrogens with zero attached hydrogens (tertiary/aromatic N) is 1. The monoisotopic (exact) mass is 377 g/mol. The van der Waals surface area contributed by atoms with Crippen LogP contribution in [0.2, 0.25) is 0 Å². The van der Waals surface area contributed by atoms with Gasteiger partial charge >= 0.3 is 0 Å². The molecule has 1 aromatic rings.